The van der Waals surface area contributed by atoms with Crippen molar-refractivity contribution < 1.29 is 9.13 Å². The number of methoxy groups -OCH3 is 1. The summed E-state index contributed by atoms with van der Waals surface area (Å²) in [5.41, 5.74) is 7.89. The zero-order chi connectivity index (χ0) is 16.4. The summed E-state index contributed by atoms with van der Waals surface area (Å²) in [4.78, 5) is 13.0. The van der Waals surface area contributed by atoms with Crippen molar-refractivity contribution in [3.8, 4) is 17.0 Å². The number of hydrogen-bond acceptors (Lipinski definition) is 6. The maximum absolute atomic E-state index is 13.9. The van der Waals surface area contributed by atoms with Crippen LogP contribution in [0.5, 0.6) is 5.75 Å². The van der Waals surface area contributed by atoms with Crippen molar-refractivity contribution in [2.24, 2.45) is 0 Å². The van der Waals surface area contributed by atoms with Gasteiger partial charge in [0.2, 0.25) is 0 Å². The number of piperazine rings is 1. The van der Waals surface area contributed by atoms with Crippen molar-refractivity contribution in [1.82, 2.24) is 14.9 Å². The van der Waals surface area contributed by atoms with E-state index in [0.29, 0.717) is 22.8 Å². The molecule has 1 fully saturated rings. The van der Waals surface area contributed by atoms with Crippen molar-refractivity contribution in [2.45, 2.75) is 0 Å². The van der Waals surface area contributed by atoms with Gasteiger partial charge in [-0.2, -0.15) is 0 Å². The average molecular weight is 317 g/mol. The van der Waals surface area contributed by atoms with Crippen LogP contribution in [0.25, 0.3) is 11.3 Å². The van der Waals surface area contributed by atoms with E-state index in [4.69, 9.17) is 10.5 Å². The maximum Gasteiger partial charge on any atom is 0.165 e. The number of anilines is 2. The largest absolute Gasteiger partial charge is 0.494 e. The smallest absolute Gasteiger partial charge is 0.165 e. The van der Waals surface area contributed by atoms with E-state index in [1.807, 2.05) is 0 Å². The fraction of sp³-hybridized carbons (Fsp3) is 0.375. The highest BCUT2D eigenvalue weighted by Gasteiger charge is 2.20. The zero-order valence-corrected chi connectivity index (χ0v) is 13.3. The summed E-state index contributed by atoms with van der Waals surface area (Å²) in [7, 11) is 3.52. The number of aromatic nitrogens is 2. The quantitative estimate of drug-likeness (QED) is 0.928. The standard InChI is InChI=1S/C16H20FN5O/c1-21-5-7-22(8-6-21)16-14(18)15(19-10-20-16)11-3-4-13(23-2)12(17)9-11/h3-4,9-10H,5-8,18H2,1-2H3. The minimum absolute atomic E-state index is 0.195. The second kappa shape index (κ2) is 6.37. The van der Waals surface area contributed by atoms with Gasteiger partial charge >= 0.3 is 0 Å². The van der Waals surface area contributed by atoms with Gasteiger partial charge in [-0.15, -0.1) is 0 Å². The lowest BCUT2D eigenvalue weighted by Gasteiger charge is -2.33. The van der Waals surface area contributed by atoms with Crippen LogP contribution in [-0.4, -0.2) is 55.2 Å². The number of nitrogen functional groups attached to an aromatic ring is 1. The number of ether oxygens (including phenoxy) is 1. The normalized spacial score (nSPS) is 15.7. The lowest BCUT2D eigenvalue weighted by Crippen LogP contribution is -2.45. The summed E-state index contributed by atoms with van der Waals surface area (Å²) >= 11 is 0. The average Bonchev–Trinajstić information content (AvgIpc) is 2.56. The summed E-state index contributed by atoms with van der Waals surface area (Å²) in [5, 5.41) is 0. The van der Waals surface area contributed by atoms with E-state index >= 15 is 0 Å². The second-order valence-corrected chi connectivity index (χ2v) is 5.60. The van der Waals surface area contributed by atoms with Gasteiger partial charge in [0.15, 0.2) is 17.4 Å². The first-order valence-corrected chi connectivity index (χ1v) is 7.48. The summed E-state index contributed by atoms with van der Waals surface area (Å²) < 4.78 is 18.9. The first-order chi connectivity index (χ1) is 11.1. The Kier molecular flexibility index (Phi) is 4.29. The monoisotopic (exact) mass is 317 g/mol. The third-order valence-electron chi connectivity index (χ3n) is 4.09. The van der Waals surface area contributed by atoms with Crippen molar-refractivity contribution >= 4 is 11.5 Å². The lowest BCUT2D eigenvalue weighted by atomic mass is 10.1. The molecule has 23 heavy (non-hydrogen) atoms. The summed E-state index contributed by atoms with van der Waals surface area (Å²) in [5.74, 6) is 0.462. The fourth-order valence-electron chi connectivity index (χ4n) is 2.70. The highest BCUT2D eigenvalue weighted by molar-refractivity contribution is 5.81. The summed E-state index contributed by atoms with van der Waals surface area (Å²) in [6.07, 6.45) is 1.47. The van der Waals surface area contributed by atoms with Gasteiger partial charge in [-0.25, -0.2) is 14.4 Å². The molecule has 0 aliphatic carbocycles. The molecule has 0 saturated carbocycles. The molecule has 1 aliphatic rings. The first-order valence-electron chi connectivity index (χ1n) is 7.48. The van der Waals surface area contributed by atoms with Crippen molar-refractivity contribution in [3.63, 3.8) is 0 Å². The third-order valence-corrected chi connectivity index (χ3v) is 4.09. The van der Waals surface area contributed by atoms with E-state index in [1.165, 1.54) is 19.5 Å². The van der Waals surface area contributed by atoms with Crippen LogP contribution in [0.1, 0.15) is 0 Å². The topological polar surface area (TPSA) is 67.5 Å². The van der Waals surface area contributed by atoms with Crippen LogP contribution in [0.4, 0.5) is 15.9 Å². The molecule has 2 N–H and O–H groups in total. The molecule has 0 spiro atoms. The predicted molar refractivity (Wildman–Crippen MR) is 88.1 cm³/mol. The molecular weight excluding hydrogens is 297 g/mol. The molecule has 6 nitrogen and oxygen atoms in total. The van der Waals surface area contributed by atoms with Crippen LogP contribution in [-0.2, 0) is 0 Å². The Hall–Kier alpha value is -2.41. The molecule has 0 radical (unpaired) electrons. The molecule has 0 bridgehead atoms. The number of halogens is 1. The molecule has 1 saturated heterocycles. The van der Waals surface area contributed by atoms with Crippen molar-refractivity contribution in [1.29, 1.82) is 0 Å². The first kappa shape index (κ1) is 15.5. The van der Waals surface area contributed by atoms with Gasteiger partial charge in [0.1, 0.15) is 12.0 Å². The van der Waals surface area contributed by atoms with Crippen molar-refractivity contribution in [2.75, 3.05) is 51.0 Å². The Balaban J connectivity index is 1.95. The molecule has 1 aromatic heterocycles. The third kappa shape index (κ3) is 3.05. The van der Waals surface area contributed by atoms with Gasteiger partial charge in [0, 0.05) is 31.7 Å². The Morgan fingerprint density at radius 1 is 1.17 bits per heavy atom. The minimum Gasteiger partial charge on any atom is -0.494 e. The Bertz CT molecular complexity index is 701. The van der Waals surface area contributed by atoms with Crippen LogP contribution in [0, 0.1) is 5.82 Å². The number of likely N-dealkylation sites (N-methyl/N-ethyl adjacent to an activating group) is 1. The highest BCUT2D eigenvalue weighted by Crippen LogP contribution is 2.32. The number of hydrogen-bond donors (Lipinski definition) is 1. The molecule has 7 heteroatoms. The van der Waals surface area contributed by atoms with E-state index in [0.717, 1.165) is 26.2 Å². The van der Waals surface area contributed by atoms with Crippen LogP contribution in [0.3, 0.4) is 0 Å². The molecule has 0 unspecified atom stereocenters. The van der Waals surface area contributed by atoms with Crippen molar-refractivity contribution in [3.05, 3.63) is 30.3 Å². The number of nitrogens with two attached hydrogens (primary N) is 1. The molecule has 0 atom stereocenters. The minimum atomic E-state index is -0.441. The number of rotatable bonds is 3. The SMILES string of the molecule is COc1ccc(-c2ncnc(N3CCN(C)CC3)c2N)cc1F. The molecular formula is C16H20FN5O. The Morgan fingerprint density at radius 2 is 1.91 bits per heavy atom. The van der Waals surface area contributed by atoms with E-state index in [2.05, 4.69) is 26.8 Å². The van der Waals surface area contributed by atoms with Gasteiger partial charge in [0.05, 0.1) is 12.8 Å². The second-order valence-electron chi connectivity index (χ2n) is 5.60. The molecule has 3 rings (SSSR count). The molecule has 1 aromatic carbocycles. The Labute approximate surface area is 134 Å². The molecule has 2 aromatic rings. The van der Waals surface area contributed by atoms with E-state index < -0.39 is 5.82 Å². The Morgan fingerprint density at radius 3 is 2.57 bits per heavy atom. The molecule has 2 heterocycles. The van der Waals surface area contributed by atoms with Crippen LogP contribution < -0.4 is 15.4 Å². The van der Waals surface area contributed by atoms with Gasteiger partial charge in [0.25, 0.3) is 0 Å². The van der Waals surface area contributed by atoms with Gasteiger partial charge in [-0.05, 0) is 25.2 Å². The van der Waals surface area contributed by atoms with Crippen LogP contribution >= 0.6 is 0 Å². The number of benzene rings is 1. The molecule has 0 amide bonds. The van der Waals surface area contributed by atoms with E-state index in [-0.39, 0.29) is 5.75 Å². The van der Waals surface area contributed by atoms with E-state index in [1.54, 1.807) is 12.1 Å². The van der Waals surface area contributed by atoms with Gasteiger partial charge < -0.3 is 20.3 Å². The van der Waals surface area contributed by atoms with E-state index in [9.17, 15) is 4.39 Å². The maximum atomic E-state index is 13.9. The summed E-state index contributed by atoms with van der Waals surface area (Å²) in [6.45, 7) is 3.62. The molecule has 122 valence electrons. The summed E-state index contributed by atoms with van der Waals surface area (Å²) in [6, 6.07) is 4.70. The van der Waals surface area contributed by atoms with Gasteiger partial charge in [-0.1, -0.05) is 0 Å². The highest BCUT2D eigenvalue weighted by atomic mass is 19.1. The lowest BCUT2D eigenvalue weighted by molar-refractivity contribution is 0.312. The van der Waals surface area contributed by atoms with Gasteiger partial charge in [-0.3, -0.25) is 0 Å². The number of nitrogens with zero attached hydrogens (tertiary/aromatic N) is 4. The fourth-order valence-corrected chi connectivity index (χ4v) is 2.70. The van der Waals surface area contributed by atoms with Crippen LogP contribution in [0.2, 0.25) is 0 Å². The predicted octanol–water partition coefficient (Wildman–Crippen LogP) is 1.63. The van der Waals surface area contributed by atoms with Crippen LogP contribution in [0.15, 0.2) is 24.5 Å². The molecule has 1 aliphatic heterocycles. The zero-order valence-electron chi connectivity index (χ0n) is 13.3.